The van der Waals surface area contributed by atoms with Gasteiger partial charge in [0.15, 0.2) is 0 Å². The Bertz CT molecular complexity index is 263. The van der Waals surface area contributed by atoms with Crippen LogP contribution in [0, 0.1) is 0 Å². The van der Waals surface area contributed by atoms with Crippen molar-refractivity contribution >= 4 is 11.9 Å². The second-order valence-electron chi connectivity index (χ2n) is 5.39. The van der Waals surface area contributed by atoms with Gasteiger partial charge in [-0.2, -0.15) is 0 Å². The van der Waals surface area contributed by atoms with E-state index >= 15 is 0 Å². The summed E-state index contributed by atoms with van der Waals surface area (Å²) in [5, 5.41) is 2.54. The van der Waals surface area contributed by atoms with Crippen LogP contribution in [0.4, 0.5) is 4.79 Å². The molecule has 0 bridgehead atoms. The molecule has 3 amide bonds. The van der Waals surface area contributed by atoms with Crippen molar-refractivity contribution in [1.29, 1.82) is 0 Å². The van der Waals surface area contributed by atoms with E-state index in [0.717, 1.165) is 12.8 Å². The van der Waals surface area contributed by atoms with Crippen LogP contribution in [0.15, 0.2) is 0 Å². The molecule has 4 nitrogen and oxygen atoms in total. The molecule has 0 aromatic rings. The number of carbonyl (C=O) groups is 2. The first-order valence-corrected chi connectivity index (χ1v) is 7.84. The molecule has 0 radical (unpaired) electrons. The van der Waals surface area contributed by atoms with Crippen LogP contribution in [0.2, 0.25) is 0 Å². The Kier molecular flexibility index (Phi) is 8.26. The van der Waals surface area contributed by atoms with E-state index in [2.05, 4.69) is 12.2 Å². The molecule has 0 atom stereocenters. The molecule has 19 heavy (non-hydrogen) atoms. The fraction of sp³-hybridized carbons (Fsp3) is 0.867. The molecule has 1 heterocycles. The number of imide groups is 1. The lowest BCUT2D eigenvalue weighted by molar-refractivity contribution is -0.125. The minimum atomic E-state index is -0.221. The number of rotatable bonds is 11. The SMILES string of the molecule is CCCCCCCCCCCCN1C(=O)CNC1=O. The van der Waals surface area contributed by atoms with Crippen molar-refractivity contribution in [3.05, 3.63) is 0 Å². The Labute approximate surface area is 116 Å². The molecule has 0 aromatic heterocycles. The first-order chi connectivity index (χ1) is 9.25. The summed E-state index contributed by atoms with van der Waals surface area (Å²) < 4.78 is 0. The molecule has 0 aromatic carbocycles. The van der Waals surface area contributed by atoms with Crippen LogP contribution in [0.5, 0.6) is 0 Å². The number of carbonyl (C=O) groups excluding carboxylic acids is 2. The summed E-state index contributed by atoms with van der Waals surface area (Å²) >= 11 is 0. The number of nitrogens with zero attached hydrogens (tertiary/aromatic N) is 1. The quantitative estimate of drug-likeness (QED) is 0.461. The van der Waals surface area contributed by atoms with Crippen LogP contribution >= 0.6 is 0 Å². The predicted molar refractivity (Wildman–Crippen MR) is 77.0 cm³/mol. The maximum Gasteiger partial charge on any atom is 0.324 e. The van der Waals surface area contributed by atoms with Crippen molar-refractivity contribution in [2.24, 2.45) is 0 Å². The zero-order valence-electron chi connectivity index (χ0n) is 12.2. The third kappa shape index (κ3) is 6.60. The lowest BCUT2D eigenvalue weighted by atomic mass is 10.1. The van der Waals surface area contributed by atoms with Crippen LogP contribution in [0.1, 0.15) is 71.1 Å². The average molecular weight is 268 g/mol. The molecule has 1 aliphatic rings. The Hall–Kier alpha value is -1.06. The van der Waals surface area contributed by atoms with Gasteiger partial charge in [-0.3, -0.25) is 9.69 Å². The van der Waals surface area contributed by atoms with E-state index in [1.165, 1.54) is 56.3 Å². The summed E-state index contributed by atoms with van der Waals surface area (Å²) in [5.41, 5.74) is 0. The highest BCUT2D eigenvalue weighted by Gasteiger charge is 2.27. The van der Waals surface area contributed by atoms with Crippen LogP contribution in [0.3, 0.4) is 0 Å². The lowest BCUT2D eigenvalue weighted by Gasteiger charge is -2.11. The van der Waals surface area contributed by atoms with Crippen molar-refractivity contribution in [2.45, 2.75) is 71.1 Å². The molecule has 0 aliphatic carbocycles. The largest absolute Gasteiger partial charge is 0.329 e. The minimum Gasteiger partial charge on any atom is -0.329 e. The number of hydrogen-bond acceptors (Lipinski definition) is 2. The van der Waals surface area contributed by atoms with Crippen molar-refractivity contribution < 1.29 is 9.59 Å². The normalized spacial score (nSPS) is 15.1. The monoisotopic (exact) mass is 268 g/mol. The van der Waals surface area contributed by atoms with Gasteiger partial charge in [-0.05, 0) is 6.42 Å². The highest BCUT2D eigenvalue weighted by molar-refractivity contribution is 6.01. The zero-order valence-corrected chi connectivity index (χ0v) is 12.2. The van der Waals surface area contributed by atoms with E-state index in [1.807, 2.05) is 0 Å². The highest BCUT2D eigenvalue weighted by atomic mass is 16.2. The standard InChI is InChI=1S/C15H28N2O2/c1-2-3-4-5-6-7-8-9-10-11-12-17-14(18)13-16-15(17)19/h2-13H2,1H3,(H,16,19). The van der Waals surface area contributed by atoms with Gasteiger partial charge < -0.3 is 5.32 Å². The minimum absolute atomic E-state index is 0.0825. The van der Waals surface area contributed by atoms with Crippen LogP contribution in [-0.4, -0.2) is 29.9 Å². The van der Waals surface area contributed by atoms with Gasteiger partial charge in [0, 0.05) is 6.54 Å². The van der Waals surface area contributed by atoms with Gasteiger partial charge in [0.2, 0.25) is 5.91 Å². The molecule has 0 unspecified atom stereocenters. The van der Waals surface area contributed by atoms with Gasteiger partial charge >= 0.3 is 6.03 Å². The summed E-state index contributed by atoms with van der Waals surface area (Å²) in [7, 11) is 0. The Morgan fingerprint density at radius 1 is 0.895 bits per heavy atom. The molecule has 0 spiro atoms. The van der Waals surface area contributed by atoms with Gasteiger partial charge in [0.25, 0.3) is 0 Å². The Morgan fingerprint density at radius 3 is 1.89 bits per heavy atom. The number of amides is 3. The maximum absolute atomic E-state index is 11.3. The Balaban J connectivity index is 1.86. The average Bonchev–Trinajstić information content (AvgIpc) is 2.72. The third-order valence-corrected chi connectivity index (χ3v) is 3.67. The zero-order chi connectivity index (χ0) is 13.9. The van der Waals surface area contributed by atoms with Gasteiger partial charge in [-0.25, -0.2) is 4.79 Å². The summed E-state index contributed by atoms with van der Waals surface area (Å²) in [6, 6.07) is -0.221. The van der Waals surface area contributed by atoms with Gasteiger partial charge in [-0.1, -0.05) is 64.7 Å². The van der Waals surface area contributed by atoms with Gasteiger partial charge in [0.1, 0.15) is 0 Å². The predicted octanol–water partition coefficient (Wildman–Crippen LogP) is 3.46. The molecule has 110 valence electrons. The molecule has 1 fully saturated rings. The van der Waals surface area contributed by atoms with E-state index in [4.69, 9.17) is 0 Å². The fourth-order valence-electron chi connectivity index (χ4n) is 2.44. The smallest absolute Gasteiger partial charge is 0.324 e. The van der Waals surface area contributed by atoms with Crippen molar-refractivity contribution in [3.8, 4) is 0 Å². The maximum atomic E-state index is 11.3. The molecule has 1 N–H and O–H groups in total. The summed E-state index contributed by atoms with van der Waals surface area (Å²) in [4.78, 5) is 23.9. The van der Waals surface area contributed by atoms with Crippen LogP contribution in [0.25, 0.3) is 0 Å². The summed E-state index contributed by atoms with van der Waals surface area (Å²) in [6.45, 7) is 3.00. The number of hydrogen-bond donors (Lipinski definition) is 1. The molecule has 1 aliphatic heterocycles. The topological polar surface area (TPSA) is 49.4 Å². The molecule has 1 rings (SSSR count). The highest BCUT2D eigenvalue weighted by Crippen LogP contribution is 2.11. The van der Waals surface area contributed by atoms with Gasteiger partial charge in [0.05, 0.1) is 6.54 Å². The second-order valence-corrected chi connectivity index (χ2v) is 5.39. The first kappa shape index (κ1) is 16.0. The summed E-state index contributed by atoms with van der Waals surface area (Å²) in [6.07, 6.45) is 12.7. The van der Waals surface area contributed by atoms with Crippen molar-refractivity contribution in [2.75, 3.05) is 13.1 Å². The van der Waals surface area contributed by atoms with E-state index in [9.17, 15) is 9.59 Å². The Morgan fingerprint density at radius 2 is 1.42 bits per heavy atom. The lowest BCUT2D eigenvalue weighted by Crippen LogP contribution is -2.31. The molecular formula is C15H28N2O2. The first-order valence-electron chi connectivity index (χ1n) is 7.84. The van der Waals surface area contributed by atoms with E-state index in [-0.39, 0.29) is 18.5 Å². The number of urea groups is 1. The van der Waals surface area contributed by atoms with E-state index in [1.54, 1.807) is 0 Å². The van der Waals surface area contributed by atoms with E-state index in [0.29, 0.717) is 6.54 Å². The van der Waals surface area contributed by atoms with Gasteiger partial charge in [-0.15, -0.1) is 0 Å². The second kappa shape index (κ2) is 9.82. The molecular weight excluding hydrogens is 240 g/mol. The van der Waals surface area contributed by atoms with Crippen molar-refractivity contribution in [3.63, 3.8) is 0 Å². The third-order valence-electron chi connectivity index (χ3n) is 3.67. The molecule has 0 saturated carbocycles. The molecule has 4 heteroatoms. The van der Waals surface area contributed by atoms with Crippen LogP contribution < -0.4 is 5.32 Å². The number of nitrogens with one attached hydrogen (secondary N) is 1. The van der Waals surface area contributed by atoms with Crippen molar-refractivity contribution in [1.82, 2.24) is 10.2 Å². The summed E-state index contributed by atoms with van der Waals surface area (Å²) in [5.74, 6) is -0.0825. The number of unbranched alkanes of at least 4 members (excludes halogenated alkanes) is 9. The van der Waals surface area contributed by atoms with E-state index < -0.39 is 0 Å². The fourth-order valence-corrected chi connectivity index (χ4v) is 2.44. The van der Waals surface area contributed by atoms with Crippen LogP contribution in [-0.2, 0) is 4.79 Å². The molecule has 1 saturated heterocycles.